The molecule has 96 valence electrons. The lowest BCUT2D eigenvalue weighted by atomic mass is 10.3. The van der Waals surface area contributed by atoms with Gasteiger partial charge >= 0.3 is 0 Å². The van der Waals surface area contributed by atoms with E-state index in [4.69, 9.17) is 0 Å². The van der Waals surface area contributed by atoms with Gasteiger partial charge in [0.25, 0.3) is 0 Å². The van der Waals surface area contributed by atoms with Crippen molar-refractivity contribution < 1.29 is 0 Å². The fraction of sp³-hybridized carbons (Fsp3) is 0.462. The summed E-state index contributed by atoms with van der Waals surface area (Å²) >= 11 is 0. The van der Waals surface area contributed by atoms with E-state index in [1.54, 1.807) is 0 Å². The quantitative estimate of drug-likeness (QED) is 0.899. The maximum absolute atomic E-state index is 4.57. The van der Waals surface area contributed by atoms with E-state index in [2.05, 4.69) is 45.6 Å². The second-order valence-corrected chi connectivity index (χ2v) is 4.45. The Balaban J connectivity index is 2.52. The zero-order chi connectivity index (χ0) is 13.1. The van der Waals surface area contributed by atoms with Crippen LogP contribution in [-0.2, 0) is 6.42 Å². The first-order chi connectivity index (χ1) is 8.65. The molecule has 0 radical (unpaired) electrons. The lowest BCUT2D eigenvalue weighted by molar-refractivity contribution is 0.603. The topological polar surface area (TPSA) is 55.6 Å². The smallest absolute Gasteiger partial charge is 0.180 e. The van der Waals surface area contributed by atoms with Gasteiger partial charge in [-0.2, -0.15) is 0 Å². The van der Waals surface area contributed by atoms with E-state index >= 15 is 0 Å². The first-order valence-corrected chi connectivity index (χ1v) is 6.23. The van der Waals surface area contributed by atoms with E-state index in [1.165, 1.54) is 0 Å². The average Bonchev–Trinajstić information content (AvgIpc) is 2.87. The van der Waals surface area contributed by atoms with Gasteiger partial charge in [-0.1, -0.05) is 6.92 Å². The molecule has 0 aliphatic heterocycles. The minimum atomic E-state index is 0.342. The maximum atomic E-state index is 4.57. The van der Waals surface area contributed by atoms with Crippen LogP contribution in [0.1, 0.15) is 32.5 Å². The summed E-state index contributed by atoms with van der Waals surface area (Å²) < 4.78 is 2.08. The molecule has 2 rings (SSSR count). The summed E-state index contributed by atoms with van der Waals surface area (Å²) in [6.07, 6.45) is 4.52. The summed E-state index contributed by atoms with van der Waals surface area (Å²) in [4.78, 5) is 13.3. The molecule has 0 amide bonds. The summed E-state index contributed by atoms with van der Waals surface area (Å²) in [6, 6.07) is 2.31. The van der Waals surface area contributed by atoms with E-state index in [0.717, 1.165) is 29.5 Å². The summed E-state index contributed by atoms with van der Waals surface area (Å²) in [5, 5.41) is 3.07. The molecular weight excluding hydrogens is 226 g/mol. The van der Waals surface area contributed by atoms with Gasteiger partial charge in [0.1, 0.15) is 11.5 Å². The van der Waals surface area contributed by atoms with Crippen molar-refractivity contribution in [2.45, 2.75) is 33.2 Å². The van der Waals surface area contributed by atoms with Crippen molar-refractivity contribution in [3.8, 4) is 11.5 Å². The number of anilines is 1. The Morgan fingerprint density at radius 3 is 2.72 bits per heavy atom. The Hall–Kier alpha value is -1.91. The largest absolute Gasteiger partial charge is 0.373 e. The standard InChI is InChI=1S/C13H19N5/c1-5-10-6-12(14-4)17-13(16-10)11-7-15-8-18(11)9(2)3/h6-9H,5H2,1-4H3,(H,14,16,17). The SMILES string of the molecule is CCc1cc(NC)nc(-c2cncn2C(C)C)n1. The number of imidazole rings is 1. The van der Waals surface area contributed by atoms with Gasteiger partial charge in [0, 0.05) is 24.8 Å². The van der Waals surface area contributed by atoms with Crippen molar-refractivity contribution in [3.63, 3.8) is 0 Å². The zero-order valence-corrected chi connectivity index (χ0v) is 11.3. The molecule has 0 spiro atoms. The van der Waals surface area contributed by atoms with Crippen LogP contribution in [0, 0.1) is 0 Å². The van der Waals surface area contributed by atoms with Crippen LogP contribution in [0.15, 0.2) is 18.6 Å². The molecule has 5 heteroatoms. The molecule has 2 aromatic rings. The van der Waals surface area contributed by atoms with Crippen molar-refractivity contribution in [2.24, 2.45) is 0 Å². The van der Waals surface area contributed by atoms with Gasteiger partial charge in [0.05, 0.1) is 12.5 Å². The van der Waals surface area contributed by atoms with Gasteiger partial charge < -0.3 is 9.88 Å². The molecule has 0 unspecified atom stereocenters. The van der Waals surface area contributed by atoms with Gasteiger partial charge in [-0.3, -0.25) is 0 Å². The predicted octanol–water partition coefficient (Wildman–Crippen LogP) is 2.53. The second kappa shape index (κ2) is 5.16. The summed E-state index contributed by atoms with van der Waals surface area (Å²) in [7, 11) is 1.87. The van der Waals surface area contributed by atoms with E-state index in [9.17, 15) is 0 Å². The number of aryl methyl sites for hydroxylation is 1. The van der Waals surface area contributed by atoms with Crippen LogP contribution >= 0.6 is 0 Å². The number of nitrogens with one attached hydrogen (secondary N) is 1. The molecule has 18 heavy (non-hydrogen) atoms. The van der Waals surface area contributed by atoms with Crippen LogP contribution in [0.25, 0.3) is 11.5 Å². The van der Waals surface area contributed by atoms with Crippen LogP contribution in [0.2, 0.25) is 0 Å². The molecule has 5 nitrogen and oxygen atoms in total. The number of nitrogens with zero attached hydrogens (tertiary/aromatic N) is 4. The van der Waals surface area contributed by atoms with E-state index in [0.29, 0.717) is 6.04 Å². The lowest BCUT2D eigenvalue weighted by Gasteiger charge is -2.12. The van der Waals surface area contributed by atoms with Crippen molar-refractivity contribution in [1.29, 1.82) is 0 Å². The second-order valence-electron chi connectivity index (χ2n) is 4.45. The third kappa shape index (κ3) is 2.34. The summed E-state index contributed by atoms with van der Waals surface area (Å²) in [6.45, 7) is 6.33. The third-order valence-corrected chi connectivity index (χ3v) is 2.85. The Kier molecular flexibility index (Phi) is 3.60. The minimum absolute atomic E-state index is 0.342. The van der Waals surface area contributed by atoms with Crippen molar-refractivity contribution in [1.82, 2.24) is 19.5 Å². The van der Waals surface area contributed by atoms with Gasteiger partial charge in [-0.15, -0.1) is 0 Å². The molecule has 2 aromatic heterocycles. The highest BCUT2D eigenvalue weighted by Crippen LogP contribution is 2.21. The fourth-order valence-electron chi connectivity index (χ4n) is 1.81. The minimum Gasteiger partial charge on any atom is -0.373 e. The molecule has 0 aliphatic rings. The maximum Gasteiger partial charge on any atom is 0.180 e. The molecule has 0 aromatic carbocycles. The van der Waals surface area contributed by atoms with Crippen molar-refractivity contribution in [2.75, 3.05) is 12.4 Å². The molecule has 1 N–H and O–H groups in total. The molecule has 0 atom stereocenters. The first kappa shape index (κ1) is 12.5. The van der Waals surface area contributed by atoms with Crippen LogP contribution in [0.3, 0.4) is 0 Å². The number of aromatic nitrogens is 4. The Morgan fingerprint density at radius 1 is 1.33 bits per heavy atom. The predicted molar refractivity (Wildman–Crippen MR) is 72.6 cm³/mol. The highest BCUT2D eigenvalue weighted by atomic mass is 15.1. The van der Waals surface area contributed by atoms with Crippen LogP contribution in [-0.4, -0.2) is 26.6 Å². The fourth-order valence-corrected chi connectivity index (χ4v) is 1.81. The molecule has 2 heterocycles. The zero-order valence-electron chi connectivity index (χ0n) is 11.3. The van der Waals surface area contributed by atoms with Crippen LogP contribution in [0.5, 0.6) is 0 Å². The Bertz CT molecular complexity index is 508. The van der Waals surface area contributed by atoms with Crippen LogP contribution in [0.4, 0.5) is 5.82 Å². The molecule has 0 aliphatic carbocycles. The number of rotatable bonds is 4. The number of hydrogen-bond acceptors (Lipinski definition) is 4. The highest BCUT2D eigenvalue weighted by Gasteiger charge is 2.12. The summed E-state index contributed by atoms with van der Waals surface area (Å²) in [5.74, 6) is 1.57. The van der Waals surface area contributed by atoms with E-state index < -0.39 is 0 Å². The Morgan fingerprint density at radius 2 is 2.11 bits per heavy atom. The Labute approximate surface area is 107 Å². The van der Waals surface area contributed by atoms with E-state index in [1.807, 2.05) is 25.6 Å². The lowest BCUT2D eigenvalue weighted by Crippen LogP contribution is -2.06. The van der Waals surface area contributed by atoms with E-state index in [-0.39, 0.29) is 0 Å². The van der Waals surface area contributed by atoms with Gasteiger partial charge in [-0.05, 0) is 20.3 Å². The molecule has 0 fully saturated rings. The number of hydrogen-bond donors (Lipinski definition) is 1. The van der Waals surface area contributed by atoms with Crippen molar-refractivity contribution in [3.05, 3.63) is 24.3 Å². The molecule has 0 bridgehead atoms. The monoisotopic (exact) mass is 245 g/mol. The first-order valence-electron chi connectivity index (χ1n) is 6.23. The molecular formula is C13H19N5. The molecule has 0 saturated carbocycles. The summed E-state index contributed by atoms with van der Waals surface area (Å²) in [5.41, 5.74) is 1.98. The van der Waals surface area contributed by atoms with Crippen LogP contribution < -0.4 is 5.32 Å². The third-order valence-electron chi connectivity index (χ3n) is 2.85. The highest BCUT2D eigenvalue weighted by molar-refractivity contribution is 5.53. The average molecular weight is 245 g/mol. The van der Waals surface area contributed by atoms with Crippen molar-refractivity contribution >= 4 is 5.82 Å². The molecule has 0 saturated heterocycles. The van der Waals surface area contributed by atoms with Gasteiger partial charge in [0.15, 0.2) is 5.82 Å². The van der Waals surface area contributed by atoms with Gasteiger partial charge in [0.2, 0.25) is 0 Å². The van der Waals surface area contributed by atoms with Gasteiger partial charge in [-0.25, -0.2) is 15.0 Å². The normalized spacial score (nSPS) is 10.9.